The molecule has 5 nitrogen and oxygen atoms in total. The number of ether oxygens (including phenoxy) is 1. The van der Waals surface area contributed by atoms with E-state index in [-0.39, 0.29) is 6.42 Å². The second kappa shape index (κ2) is 7.64. The zero-order valence-electron chi connectivity index (χ0n) is 11.8. The van der Waals surface area contributed by atoms with Crippen molar-refractivity contribution >= 4 is 22.4 Å². The number of nitrogens with zero attached hydrogens (tertiary/aromatic N) is 1. The molecular weight excluding hydrogens is 288 g/mol. The van der Waals surface area contributed by atoms with Gasteiger partial charge in [-0.3, -0.25) is 4.79 Å². The van der Waals surface area contributed by atoms with Crippen molar-refractivity contribution in [2.45, 2.75) is 19.3 Å². The number of anilines is 1. The summed E-state index contributed by atoms with van der Waals surface area (Å²) in [5.41, 5.74) is 1.97. The number of thiazole rings is 1. The number of carboxylic acid groups (broad SMARTS) is 1. The van der Waals surface area contributed by atoms with Gasteiger partial charge >= 0.3 is 5.97 Å². The van der Waals surface area contributed by atoms with Crippen LogP contribution in [0.3, 0.4) is 0 Å². The average Bonchev–Trinajstić information content (AvgIpc) is 2.93. The van der Waals surface area contributed by atoms with Crippen molar-refractivity contribution in [3.63, 3.8) is 0 Å². The number of benzene rings is 1. The predicted molar refractivity (Wildman–Crippen MR) is 83.3 cm³/mol. The van der Waals surface area contributed by atoms with Gasteiger partial charge in [0.2, 0.25) is 0 Å². The second-order valence-corrected chi connectivity index (χ2v) is 5.38. The average molecular weight is 306 g/mol. The van der Waals surface area contributed by atoms with E-state index in [9.17, 15) is 4.79 Å². The minimum absolute atomic E-state index is 0.115. The summed E-state index contributed by atoms with van der Waals surface area (Å²) in [5.74, 6) is 0.0919. The van der Waals surface area contributed by atoms with Gasteiger partial charge in [0.05, 0.1) is 19.2 Å². The summed E-state index contributed by atoms with van der Waals surface area (Å²) in [6, 6.07) is 7.93. The highest BCUT2D eigenvalue weighted by Gasteiger charge is 2.05. The molecule has 0 saturated carbocycles. The standard InChI is InChI=1S/C15H18N2O3S/c1-20-13-5-3-2-4-11(13)8-9-16-15-17-12(10-21-15)6-7-14(18)19/h2-5,10H,6-9H2,1H3,(H,16,17)(H,18,19). The first-order valence-corrected chi connectivity index (χ1v) is 7.59. The summed E-state index contributed by atoms with van der Waals surface area (Å²) >= 11 is 1.50. The van der Waals surface area contributed by atoms with Gasteiger partial charge in [-0.15, -0.1) is 11.3 Å². The third-order valence-electron chi connectivity index (χ3n) is 3.01. The van der Waals surface area contributed by atoms with Crippen LogP contribution in [-0.4, -0.2) is 29.7 Å². The van der Waals surface area contributed by atoms with Crippen molar-refractivity contribution in [3.05, 3.63) is 40.9 Å². The van der Waals surface area contributed by atoms with E-state index in [4.69, 9.17) is 9.84 Å². The van der Waals surface area contributed by atoms with Gasteiger partial charge in [-0.25, -0.2) is 4.98 Å². The molecule has 2 aromatic rings. The Kier molecular flexibility index (Phi) is 5.57. The maximum absolute atomic E-state index is 10.5. The molecule has 21 heavy (non-hydrogen) atoms. The molecule has 112 valence electrons. The maximum atomic E-state index is 10.5. The summed E-state index contributed by atoms with van der Waals surface area (Å²) in [7, 11) is 1.67. The molecule has 0 radical (unpaired) electrons. The first kappa shape index (κ1) is 15.3. The third-order valence-corrected chi connectivity index (χ3v) is 3.86. The minimum Gasteiger partial charge on any atom is -0.496 e. The molecule has 0 unspecified atom stereocenters. The monoisotopic (exact) mass is 306 g/mol. The molecule has 0 bridgehead atoms. The van der Waals surface area contributed by atoms with Gasteiger partial charge in [0.15, 0.2) is 5.13 Å². The number of hydrogen-bond acceptors (Lipinski definition) is 5. The zero-order valence-corrected chi connectivity index (χ0v) is 12.7. The van der Waals surface area contributed by atoms with Crippen molar-refractivity contribution in [2.24, 2.45) is 0 Å². The molecule has 1 heterocycles. The molecule has 1 aromatic carbocycles. The molecule has 0 atom stereocenters. The van der Waals surface area contributed by atoms with Crippen molar-refractivity contribution in [1.82, 2.24) is 4.98 Å². The van der Waals surface area contributed by atoms with Crippen molar-refractivity contribution in [3.8, 4) is 5.75 Å². The number of aliphatic carboxylic acids is 1. The van der Waals surface area contributed by atoms with Gasteiger partial charge < -0.3 is 15.2 Å². The van der Waals surface area contributed by atoms with Crippen LogP contribution >= 0.6 is 11.3 Å². The first-order valence-electron chi connectivity index (χ1n) is 6.71. The molecule has 2 rings (SSSR count). The highest BCUT2D eigenvalue weighted by atomic mass is 32.1. The van der Waals surface area contributed by atoms with Crippen LogP contribution in [0.1, 0.15) is 17.7 Å². The lowest BCUT2D eigenvalue weighted by molar-refractivity contribution is -0.136. The molecule has 0 saturated heterocycles. The molecule has 6 heteroatoms. The van der Waals surface area contributed by atoms with Crippen LogP contribution in [0.2, 0.25) is 0 Å². The molecule has 0 fully saturated rings. The molecule has 0 aliphatic rings. The number of nitrogens with one attached hydrogen (secondary N) is 1. The van der Waals surface area contributed by atoms with E-state index < -0.39 is 5.97 Å². The summed E-state index contributed by atoms with van der Waals surface area (Å²) in [5, 5.41) is 14.6. The normalized spacial score (nSPS) is 10.3. The number of carbonyl (C=O) groups is 1. The van der Waals surface area contributed by atoms with Gasteiger partial charge in [0, 0.05) is 18.3 Å². The van der Waals surface area contributed by atoms with E-state index >= 15 is 0 Å². The van der Waals surface area contributed by atoms with E-state index in [0.717, 1.165) is 35.1 Å². The molecule has 0 spiro atoms. The van der Waals surface area contributed by atoms with E-state index in [1.165, 1.54) is 11.3 Å². The van der Waals surface area contributed by atoms with Crippen LogP contribution in [0.5, 0.6) is 5.75 Å². The molecular formula is C15H18N2O3S. The van der Waals surface area contributed by atoms with Crippen LogP contribution in [0.15, 0.2) is 29.6 Å². The second-order valence-electron chi connectivity index (χ2n) is 4.53. The van der Waals surface area contributed by atoms with Crippen molar-refractivity contribution in [1.29, 1.82) is 0 Å². The fraction of sp³-hybridized carbons (Fsp3) is 0.333. The Morgan fingerprint density at radius 3 is 2.95 bits per heavy atom. The van der Waals surface area contributed by atoms with Crippen molar-refractivity contribution < 1.29 is 14.6 Å². The Morgan fingerprint density at radius 1 is 1.38 bits per heavy atom. The molecule has 1 aromatic heterocycles. The van der Waals surface area contributed by atoms with Gasteiger partial charge in [-0.05, 0) is 18.1 Å². The molecule has 0 aliphatic carbocycles. The third kappa shape index (κ3) is 4.75. The number of methoxy groups -OCH3 is 1. The first-order chi connectivity index (χ1) is 10.2. The van der Waals surface area contributed by atoms with Crippen molar-refractivity contribution in [2.75, 3.05) is 19.0 Å². The van der Waals surface area contributed by atoms with E-state index in [1.807, 2.05) is 29.6 Å². The molecule has 0 amide bonds. The van der Waals surface area contributed by atoms with Gasteiger partial charge in [-0.1, -0.05) is 18.2 Å². The number of rotatable bonds is 8. The summed E-state index contributed by atoms with van der Waals surface area (Å²) in [6.45, 7) is 0.756. The van der Waals surface area contributed by atoms with Crippen LogP contribution < -0.4 is 10.1 Å². The summed E-state index contributed by atoms with van der Waals surface area (Å²) < 4.78 is 5.31. The highest BCUT2D eigenvalue weighted by Crippen LogP contribution is 2.19. The zero-order chi connectivity index (χ0) is 15.1. The number of carboxylic acids is 1. The van der Waals surface area contributed by atoms with E-state index in [2.05, 4.69) is 10.3 Å². The number of hydrogen-bond donors (Lipinski definition) is 2. The minimum atomic E-state index is -0.798. The number of para-hydroxylation sites is 1. The van der Waals surface area contributed by atoms with Crippen LogP contribution in [-0.2, 0) is 17.6 Å². The van der Waals surface area contributed by atoms with Crippen LogP contribution in [0.4, 0.5) is 5.13 Å². The summed E-state index contributed by atoms with van der Waals surface area (Å²) in [6.07, 6.45) is 1.43. The van der Waals surface area contributed by atoms with E-state index in [1.54, 1.807) is 7.11 Å². The summed E-state index contributed by atoms with van der Waals surface area (Å²) in [4.78, 5) is 14.9. The predicted octanol–water partition coefficient (Wildman–Crippen LogP) is 2.82. The fourth-order valence-electron chi connectivity index (χ4n) is 1.95. The Morgan fingerprint density at radius 2 is 2.19 bits per heavy atom. The lowest BCUT2D eigenvalue weighted by Gasteiger charge is -2.08. The topological polar surface area (TPSA) is 71.5 Å². The number of aryl methyl sites for hydroxylation is 1. The molecule has 0 aliphatic heterocycles. The lowest BCUT2D eigenvalue weighted by atomic mass is 10.1. The largest absolute Gasteiger partial charge is 0.496 e. The maximum Gasteiger partial charge on any atom is 0.303 e. The van der Waals surface area contributed by atoms with Crippen LogP contribution in [0.25, 0.3) is 0 Å². The Bertz CT molecular complexity index is 598. The SMILES string of the molecule is COc1ccccc1CCNc1nc(CCC(=O)O)cs1. The highest BCUT2D eigenvalue weighted by molar-refractivity contribution is 7.13. The quantitative estimate of drug-likeness (QED) is 0.784. The molecule has 2 N–H and O–H groups in total. The smallest absolute Gasteiger partial charge is 0.303 e. The van der Waals surface area contributed by atoms with Gasteiger partial charge in [-0.2, -0.15) is 0 Å². The lowest BCUT2D eigenvalue weighted by Crippen LogP contribution is -2.06. The fourth-order valence-corrected chi connectivity index (χ4v) is 2.73. The number of aromatic nitrogens is 1. The van der Waals surface area contributed by atoms with Crippen LogP contribution in [0, 0.1) is 0 Å². The van der Waals surface area contributed by atoms with E-state index in [0.29, 0.717) is 6.42 Å². The Balaban J connectivity index is 1.82. The Labute approximate surface area is 127 Å². The van der Waals surface area contributed by atoms with Gasteiger partial charge in [0.25, 0.3) is 0 Å². The Hall–Kier alpha value is -2.08. The van der Waals surface area contributed by atoms with Gasteiger partial charge in [0.1, 0.15) is 5.75 Å².